The van der Waals surface area contributed by atoms with Gasteiger partial charge in [-0.2, -0.15) is 0 Å². The van der Waals surface area contributed by atoms with Gasteiger partial charge in [0.15, 0.2) is 23.3 Å². The lowest BCUT2D eigenvalue weighted by atomic mass is 9.97. The third kappa shape index (κ3) is 3.23. The second-order valence-corrected chi connectivity index (χ2v) is 5.15. The van der Waals surface area contributed by atoms with E-state index in [1.165, 1.54) is 0 Å². The molecule has 0 saturated carbocycles. The van der Waals surface area contributed by atoms with Crippen molar-refractivity contribution in [3.63, 3.8) is 0 Å². The summed E-state index contributed by atoms with van der Waals surface area (Å²) in [7, 11) is 0. The lowest BCUT2D eigenvalue weighted by molar-refractivity contribution is 0.146. The zero-order valence-corrected chi connectivity index (χ0v) is 11.8. The summed E-state index contributed by atoms with van der Waals surface area (Å²) in [6.45, 7) is 1.75. The largest absolute Gasteiger partial charge is 0.396 e. The van der Waals surface area contributed by atoms with Gasteiger partial charge >= 0.3 is 0 Å². The summed E-state index contributed by atoms with van der Waals surface area (Å²) in [6, 6.07) is -0.959. The van der Waals surface area contributed by atoms with E-state index in [9.17, 15) is 22.0 Å². The van der Waals surface area contributed by atoms with E-state index in [1.54, 1.807) is 4.90 Å². The molecule has 2 rings (SSSR count). The summed E-state index contributed by atoms with van der Waals surface area (Å²) in [6.07, 6.45) is 0.308. The Bertz CT molecular complexity index is 505. The summed E-state index contributed by atoms with van der Waals surface area (Å²) in [5, 5.41) is 12.0. The fourth-order valence-electron chi connectivity index (χ4n) is 2.70. The molecule has 0 aliphatic carbocycles. The molecule has 0 amide bonds. The van der Waals surface area contributed by atoms with Crippen LogP contribution in [0.4, 0.5) is 22.0 Å². The molecule has 1 atom stereocenters. The van der Waals surface area contributed by atoms with Crippen molar-refractivity contribution in [2.75, 3.05) is 32.8 Å². The molecule has 0 aromatic heterocycles. The van der Waals surface area contributed by atoms with Crippen molar-refractivity contribution in [2.24, 2.45) is 0 Å². The van der Waals surface area contributed by atoms with Gasteiger partial charge in [0.2, 0.25) is 5.82 Å². The maximum Gasteiger partial charge on any atom is 0.200 e. The van der Waals surface area contributed by atoms with E-state index in [1.807, 2.05) is 0 Å². The predicted octanol–water partition coefficient (Wildman–Crippen LogP) is 2.10. The zero-order valence-electron chi connectivity index (χ0n) is 11.8. The van der Waals surface area contributed by atoms with Gasteiger partial charge in [-0.1, -0.05) is 0 Å². The van der Waals surface area contributed by atoms with E-state index in [2.05, 4.69) is 5.32 Å². The standard InChI is InChI=1S/C14H17F5N2O/c15-10-9(11(16)13(18)14(19)12(10)17)8(2-1-7-22)21-5-3-20-4-6-21/h8,20,22H,1-7H2/t8-/m1/s1. The average Bonchev–Trinajstić information content (AvgIpc) is 2.55. The first-order valence-electron chi connectivity index (χ1n) is 7.06. The maximum absolute atomic E-state index is 14.0. The van der Waals surface area contributed by atoms with Crippen molar-refractivity contribution >= 4 is 0 Å². The van der Waals surface area contributed by atoms with Crippen LogP contribution in [0.5, 0.6) is 0 Å². The third-order valence-electron chi connectivity index (χ3n) is 3.81. The average molecular weight is 324 g/mol. The van der Waals surface area contributed by atoms with Crippen LogP contribution in [0.15, 0.2) is 0 Å². The summed E-state index contributed by atoms with van der Waals surface area (Å²) in [5.41, 5.74) is -0.813. The molecule has 1 aliphatic rings. The van der Waals surface area contributed by atoms with E-state index in [4.69, 9.17) is 5.11 Å². The van der Waals surface area contributed by atoms with E-state index < -0.39 is 40.7 Å². The van der Waals surface area contributed by atoms with Crippen molar-refractivity contribution in [1.29, 1.82) is 0 Å². The number of aliphatic hydroxyl groups excluding tert-OH is 1. The van der Waals surface area contributed by atoms with Crippen molar-refractivity contribution in [2.45, 2.75) is 18.9 Å². The molecule has 2 N–H and O–H groups in total. The normalized spacial score (nSPS) is 17.7. The van der Waals surface area contributed by atoms with Crippen molar-refractivity contribution < 1.29 is 27.1 Å². The highest BCUT2D eigenvalue weighted by atomic mass is 19.2. The smallest absolute Gasteiger partial charge is 0.200 e. The fraction of sp³-hybridized carbons (Fsp3) is 0.571. The molecule has 1 saturated heterocycles. The van der Waals surface area contributed by atoms with Crippen LogP contribution in [0.1, 0.15) is 24.4 Å². The van der Waals surface area contributed by atoms with Crippen LogP contribution >= 0.6 is 0 Å². The van der Waals surface area contributed by atoms with Gasteiger partial charge in [-0.15, -0.1) is 0 Å². The highest BCUT2D eigenvalue weighted by molar-refractivity contribution is 5.27. The van der Waals surface area contributed by atoms with E-state index in [0.29, 0.717) is 26.2 Å². The van der Waals surface area contributed by atoms with E-state index in [0.717, 1.165) is 0 Å². The molecule has 124 valence electrons. The molecule has 8 heteroatoms. The van der Waals surface area contributed by atoms with Gasteiger partial charge in [-0.25, -0.2) is 22.0 Å². The Morgan fingerprint density at radius 3 is 1.91 bits per heavy atom. The highest BCUT2D eigenvalue weighted by Crippen LogP contribution is 2.33. The monoisotopic (exact) mass is 324 g/mol. The number of aliphatic hydroxyl groups is 1. The molecule has 0 bridgehead atoms. The molecule has 1 aromatic rings. The fourth-order valence-corrected chi connectivity index (χ4v) is 2.70. The number of piperazine rings is 1. The van der Waals surface area contributed by atoms with Crippen LogP contribution in [0.2, 0.25) is 0 Å². The minimum absolute atomic E-state index is 0.106. The Hall–Kier alpha value is -1.25. The van der Waals surface area contributed by atoms with Gasteiger partial charge in [0, 0.05) is 44.4 Å². The Morgan fingerprint density at radius 2 is 1.41 bits per heavy atom. The molecule has 1 aliphatic heterocycles. The second kappa shape index (κ2) is 7.34. The molecule has 0 radical (unpaired) electrons. The van der Waals surface area contributed by atoms with E-state index >= 15 is 0 Å². The molecule has 1 heterocycles. The number of rotatable bonds is 5. The first kappa shape index (κ1) is 17.1. The zero-order chi connectivity index (χ0) is 16.3. The summed E-state index contributed by atoms with van der Waals surface area (Å²) >= 11 is 0. The maximum atomic E-state index is 14.0. The molecular formula is C14H17F5N2O. The molecule has 0 unspecified atom stereocenters. The van der Waals surface area contributed by atoms with Crippen molar-refractivity contribution in [1.82, 2.24) is 10.2 Å². The van der Waals surface area contributed by atoms with Crippen LogP contribution < -0.4 is 5.32 Å². The number of hydrogen-bond donors (Lipinski definition) is 2. The van der Waals surface area contributed by atoms with Gasteiger partial charge in [-0.3, -0.25) is 4.90 Å². The molecular weight excluding hydrogens is 307 g/mol. The summed E-state index contributed by atoms with van der Waals surface area (Å²) < 4.78 is 68.0. The van der Waals surface area contributed by atoms with Gasteiger partial charge in [0.05, 0.1) is 0 Å². The predicted molar refractivity (Wildman–Crippen MR) is 69.7 cm³/mol. The van der Waals surface area contributed by atoms with Crippen molar-refractivity contribution in [3.8, 4) is 0 Å². The number of benzene rings is 1. The number of nitrogens with zero attached hydrogens (tertiary/aromatic N) is 1. The Kier molecular flexibility index (Phi) is 5.71. The van der Waals surface area contributed by atoms with Crippen LogP contribution in [0.3, 0.4) is 0 Å². The highest BCUT2D eigenvalue weighted by Gasteiger charge is 2.33. The number of hydrogen-bond acceptors (Lipinski definition) is 3. The lowest BCUT2D eigenvalue weighted by Crippen LogP contribution is -2.45. The van der Waals surface area contributed by atoms with Gasteiger partial charge in [0.1, 0.15) is 0 Å². The van der Waals surface area contributed by atoms with Crippen LogP contribution in [0.25, 0.3) is 0 Å². The first-order valence-corrected chi connectivity index (χ1v) is 7.06. The van der Waals surface area contributed by atoms with Crippen LogP contribution in [-0.2, 0) is 0 Å². The SMILES string of the molecule is OCCC[C@H](c1c(F)c(F)c(F)c(F)c1F)N1CCNCC1. The summed E-state index contributed by atoms with van der Waals surface area (Å²) in [5.74, 6) is -9.60. The van der Waals surface area contributed by atoms with Gasteiger partial charge < -0.3 is 10.4 Å². The molecule has 1 fully saturated rings. The molecule has 0 spiro atoms. The Morgan fingerprint density at radius 1 is 0.909 bits per heavy atom. The molecule has 3 nitrogen and oxygen atoms in total. The van der Waals surface area contributed by atoms with Gasteiger partial charge in [0.25, 0.3) is 0 Å². The molecule has 22 heavy (non-hydrogen) atoms. The summed E-state index contributed by atoms with van der Waals surface area (Å²) in [4.78, 5) is 1.67. The van der Waals surface area contributed by atoms with E-state index in [-0.39, 0.29) is 19.4 Å². The third-order valence-corrected chi connectivity index (χ3v) is 3.81. The number of nitrogens with one attached hydrogen (secondary N) is 1. The van der Waals surface area contributed by atoms with Crippen LogP contribution in [0, 0.1) is 29.1 Å². The minimum Gasteiger partial charge on any atom is -0.396 e. The Balaban J connectivity index is 2.46. The van der Waals surface area contributed by atoms with Crippen LogP contribution in [-0.4, -0.2) is 42.8 Å². The van der Waals surface area contributed by atoms with Crippen molar-refractivity contribution in [3.05, 3.63) is 34.6 Å². The lowest BCUT2D eigenvalue weighted by Gasteiger charge is -2.35. The Labute approximate surface area is 124 Å². The minimum atomic E-state index is -2.15. The quantitative estimate of drug-likeness (QED) is 0.495. The molecule has 1 aromatic carbocycles. The first-order chi connectivity index (χ1) is 10.5. The second-order valence-electron chi connectivity index (χ2n) is 5.15. The van der Waals surface area contributed by atoms with Gasteiger partial charge in [-0.05, 0) is 12.8 Å². The topological polar surface area (TPSA) is 35.5 Å². The number of halogens is 5.